The molecule has 0 aromatic heterocycles. The molecule has 3 rings (SSSR count). The molecule has 3 unspecified atom stereocenters. The lowest BCUT2D eigenvalue weighted by molar-refractivity contribution is -0.131. The highest BCUT2D eigenvalue weighted by atomic mass is 16.2. The number of hydrogen-bond donors (Lipinski definition) is 1. The summed E-state index contributed by atoms with van der Waals surface area (Å²) in [6.07, 6.45) is 5.24. The predicted molar refractivity (Wildman–Crippen MR) is 80.9 cm³/mol. The second kappa shape index (κ2) is 5.89. The maximum atomic E-state index is 12.2. The van der Waals surface area contributed by atoms with Crippen molar-refractivity contribution >= 4 is 17.8 Å². The van der Waals surface area contributed by atoms with E-state index < -0.39 is 0 Å². The van der Waals surface area contributed by atoms with Crippen molar-refractivity contribution in [2.45, 2.75) is 58.0 Å². The predicted octanol–water partition coefficient (Wildman–Crippen LogP) is 1.35. The first-order valence-corrected chi connectivity index (χ1v) is 8.37. The fourth-order valence-corrected chi connectivity index (χ4v) is 3.57. The number of carbonyl (C=O) groups is 3. The van der Waals surface area contributed by atoms with E-state index in [0.29, 0.717) is 11.8 Å². The van der Waals surface area contributed by atoms with Gasteiger partial charge in [-0.25, -0.2) is 4.79 Å². The van der Waals surface area contributed by atoms with Crippen LogP contribution in [-0.4, -0.2) is 52.8 Å². The Morgan fingerprint density at radius 3 is 2.59 bits per heavy atom. The van der Waals surface area contributed by atoms with Crippen LogP contribution in [0.5, 0.6) is 0 Å². The van der Waals surface area contributed by atoms with E-state index in [1.807, 2.05) is 0 Å². The molecule has 0 aromatic rings. The van der Waals surface area contributed by atoms with Crippen molar-refractivity contribution in [2.75, 3.05) is 13.1 Å². The summed E-state index contributed by atoms with van der Waals surface area (Å²) in [5.41, 5.74) is 0. The lowest BCUT2D eigenvalue weighted by Crippen LogP contribution is -2.48. The highest BCUT2D eigenvalue weighted by molar-refractivity contribution is 6.04. The van der Waals surface area contributed by atoms with Gasteiger partial charge < -0.3 is 10.2 Å². The molecule has 122 valence electrons. The molecular formula is C16H25N3O3. The van der Waals surface area contributed by atoms with Gasteiger partial charge in [-0.15, -0.1) is 0 Å². The van der Waals surface area contributed by atoms with Crippen LogP contribution in [0.1, 0.15) is 46.0 Å². The van der Waals surface area contributed by atoms with E-state index >= 15 is 0 Å². The van der Waals surface area contributed by atoms with Crippen molar-refractivity contribution in [1.82, 2.24) is 15.1 Å². The van der Waals surface area contributed by atoms with Crippen LogP contribution in [0.4, 0.5) is 4.79 Å². The minimum Gasteiger partial charge on any atom is -0.352 e. The molecule has 3 atom stereocenters. The fourth-order valence-electron chi connectivity index (χ4n) is 3.57. The Hall–Kier alpha value is -1.59. The first-order chi connectivity index (χ1) is 10.5. The molecule has 1 aliphatic heterocycles. The van der Waals surface area contributed by atoms with E-state index in [9.17, 15) is 14.4 Å². The Balaban J connectivity index is 1.55. The van der Waals surface area contributed by atoms with E-state index in [0.717, 1.165) is 30.6 Å². The lowest BCUT2D eigenvalue weighted by atomic mass is 9.78. The summed E-state index contributed by atoms with van der Waals surface area (Å²) < 4.78 is 0. The number of nitrogens with zero attached hydrogens (tertiary/aromatic N) is 2. The van der Waals surface area contributed by atoms with Crippen LogP contribution < -0.4 is 5.32 Å². The largest absolute Gasteiger partial charge is 0.352 e. The molecule has 6 heteroatoms. The molecule has 1 heterocycles. The number of urea groups is 1. The van der Waals surface area contributed by atoms with Crippen LogP contribution in [-0.2, 0) is 9.59 Å². The molecule has 22 heavy (non-hydrogen) atoms. The van der Waals surface area contributed by atoms with Crippen LogP contribution in [0, 0.1) is 11.8 Å². The molecule has 0 spiro atoms. The number of nitrogens with one attached hydrogen (secondary N) is 1. The van der Waals surface area contributed by atoms with Gasteiger partial charge in [0.2, 0.25) is 5.91 Å². The Kier molecular flexibility index (Phi) is 4.10. The van der Waals surface area contributed by atoms with E-state index in [4.69, 9.17) is 0 Å². The zero-order valence-electron chi connectivity index (χ0n) is 13.4. The maximum absolute atomic E-state index is 12.2. The van der Waals surface area contributed by atoms with Crippen molar-refractivity contribution in [3.05, 3.63) is 0 Å². The molecule has 3 aliphatic rings. The maximum Gasteiger partial charge on any atom is 0.327 e. The quantitative estimate of drug-likeness (QED) is 0.797. The molecule has 6 nitrogen and oxygen atoms in total. The van der Waals surface area contributed by atoms with Crippen LogP contribution in [0.25, 0.3) is 0 Å². The first-order valence-electron chi connectivity index (χ1n) is 8.37. The molecule has 2 aliphatic carbocycles. The highest BCUT2D eigenvalue weighted by Crippen LogP contribution is 2.31. The molecule has 1 saturated heterocycles. The minimum absolute atomic E-state index is 0.133. The SMILES string of the molecule is CC1CCCC(NC(=O)CN2C(=O)CN(C3CC3)C2=O)C1C. The second-order valence-corrected chi connectivity index (χ2v) is 7.06. The Labute approximate surface area is 131 Å². The van der Waals surface area contributed by atoms with Gasteiger partial charge in [0, 0.05) is 12.1 Å². The van der Waals surface area contributed by atoms with Crippen LogP contribution in [0.2, 0.25) is 0 Å². The normalized spacial score (nSPS) is 32.5. The van der Waals surface area contributed by atoms with Gasteiger partial charge in [0.25, 0.3) is 5.91 Å². The lowest BCUT2D eigenvalue weighted by Gasteiger charge is -2.34. The average molecular weight is 307 g/mol. The van der Waals surface area contributed by atoms with Gasteiger partial charge in [0.05, 0.1) is 0 Å². The van der Waals surface area contributed by atoms with Gasteiger partial charge in [-0.3, -0.25) is 14.5 Å². The number of carbonyl (C=O) groups excluding carboxylic acids is 3. The third-order valence-electron chi connectivity index (χ3n) is 5.43. The van der Waals surface area contributed by atoms with Crippen molar-refractivity contribution < 1.29 is 14.4 Å². The minimum atomic E-state index is -0.298. The summed E-state index contributed by atoms with van der Waals surface area (Å²) in [4.78, 5) is 39.1. The molecule has 4 amide bonds. The highest BCUT2D eigenvalue weighted by Gasteiger charge is 2.44. The molecule has 2 saturated carbocycles. The van der Waals surface area contributed by atoms with E-state index in [2.05, 4.69) is 19.2 Å². The Morgan fingerprint density at radius 2 is 1.91 bits per heavy atom. The van der Waals surface area contributed by atoms with Crippen molar-refractivity contribution in [3.63, 3.8) is 0 Å². The standard InChI is InChI=1S/C16H25N3O3/c1-10-4-3-5-13(11(10)2)17-14(20)8-19-15(21)9-18(16(19)22)12-6-7-12/h10-13H,3-9H2,1-2H3,(H,17,20). The summed E-state index contributed by atoms with van der Waals surface area (Å²) in [6.45, 7) is 4.37. The number of rotatable bonds is 4. The van der Waals surface area contributed by atoms with Crippen molar-refractivity contribution in [2.24, 2.45) is 11.8 Å². The summed E-state index contributed by atoms with van der Waals surface area (Å²) in [6, 6.07) is 0.0695. The zero-order valence-corrected chi connectivity index (χ0v) is 13.4. The van der Waals surface area contributed by atoms with Gasteiger partial charge in [0.15, 0.2) is 0 Å². The summed E-state index contributed by atoms with van der Waals surface area (Å²) >= 11 is 0. The van der Waals surface area contributed by atoms with Crippen LogP contribution >= 0.6 is 0 Å². The monoisotopic (exact) mass is 307 g/mol. The molecule has 0 aromatic carbocycles. The third-order valence-corrected chi connectivity index (χ3v) is 5.43. The zero-order chi connectivity index (χ0) is 15.9. The molecule has 0 bridgehead atoms. The summed E-state index contributed by atoms with van der Waals surface area (Å²) in [5.74, 6) is 0.563. The smallest absolute Gasteiger partial charge is 0.327 e. The van der Waals surface area contributed by atoms with Crippen molar-refractivity contribution in [1.29, 1.82) is 0 Å². The molecule has 1 N–H and O–H groups in total. The summed E-state index contributed by atoms with van der Waals surface area (Å²) in [5, 5.41) is 3.02. The fraction of sp³-hybridized carbons (Fsp3) is 0.812. The van der Waals surface area contributed by atoms with Crippen LogP contribution in [0.15, 0.2) is 0 Å². The van der Waals surface area contributed by atoms with Gasteiger partial charge in [-0.1, -0.05) is 26.7 Å². The Bertz CT molecular complexity index is 489. The third kappa shape index (κ3) is 2.96. The topological polar surface area (TPSA) is 69.7 Å². The van der Waals surface area contributed by atoms with Gasteiger partial charge in [0.1, 0.15) is 13.1 Å². The van der Waals surface area contributed by atoms with Gasteiger partial charge >= 0.3 is 6.03 Å². The summed E-state index contributed by atoms with van der Waals surface area (Å²) in [7, 11) is 0. The number of hydrogen-bond acceptors (Lipinski definition) is 3. The van der Waals surface area contributed by atoms with Crippen molar-refractivity contribution in [3.8, 4) is 0 Å². The molecule has 3 fully saturated rings. The van der Waals surface area contributed by atoms with Gasteiger partial charge in [-0.2, -0.15) is 0 Å². The number of imide groups is 1. The second-order valence-electron chi connectivity index (χ2n) is 7.06. The van der Waals surface area contributed by atoms with Gasteiger partial charge in [-0.05, 0) is 31.1 Å². The van der Waals surface area contributed by atoms with Crippen LogP contribution in [0.3, 0.4) is 0 Å². The molecular weight excluding hydrogens is 282 g/mol. The van der Waals surface area contributed by atoms with E-state index in [1.54, 1.807) is 4.90 Å². The first kappa shape index (κ1) is 15.3. The molecule has 0 radical (unpaired) electrons. The van der Waals surface area contributed by atoms with E-state index in [-0.39, 0.29) is 43.0 Å². The average Bonchev–Trinajstić information content (AvgIpc) is 3.27. The number of amides is 4. The Morgan fingerprint density at radius 1 is 1.18 bits per heavy atom. The van der Waals surface area contributed by atoms with E-state index in [1.165, 1.54) is 6.42 Å².